The summed E-state index contributed by atoms with van der Waals surface area (Å²) < 4.78 is 53.9. The number of halogens is 1. The van der Waals surface area contributed by atoms with E-state index in [1.54, 1.807) is 26.8 Å². The number of hydrogen-bond donors (Lipinski definition) is 1. The second-order valence-corrected chi connectivity index (χ2v) is 11.1. The SMILES string of the molecule is CNC(=O)COc1cccc(S(=O)(=O)n2cc(CN(C)C(=O)OC(C)(C)C)cc2-c2ccccc2F)c1. The highest BCUT2D eigenvalue weighted by atomic mass is 32.2. The van der Waals surface area contributed by atoms with Gasteiger partial charge >= 0.3 is 6.09 Å². The summed E-state index contributed by atoms with van der Waals surface area (Å²) in [5, 5.41) is 2.42. The Morgan fingerprint density at radius 1 is 1.08 bits per heavy atom. The highest BCUT2D eigenvalue weighted by molar-refractivity contribution is 7.90. The molecule has 37 heavy (non-hydrogen) atoms. The molecule has 11 heteroatoms. The van der Waals surface area contributed by atoms with E-state index >= 15 is 0 Å². The van der Waals surface area contributed by atoms with Gasteiger partial charge < -0.3 is 19.7 Å². The van der Waals surface area contributed by atoms with Crippen molar-refractivity contribution in [1.82, 2.24) is 14.2 Å². The smallest absolute Gasteiger partial charge is 0.410 e. The molecule has 3 aromatic rings. The first kappa shape index (κ1) is 27.7. The summed E-state index contributed by atoms with van der Waals surface area (Å²) in [6.45, 7) is 4.96. The Morgan fingerprint density at radius 2 is 1.78 bits per heavy atom. The topological polar surface area (TPSA) is 107 Å². The summed E-state index contributed by atoms with van der Waals surface area (Å²) in [5.74, 6) is -0.805. The number of nitrogens with one attached hydrogen (secondary N) is 1. The zero-order chi connectivity index (χ0) is 27.4. The molecule has 0 aliphatic heterocycles. The van der Waals surface area contributed by atoms with Crippen molar-refractivity contribution >= 4 is 22.0 Å². The van der Waals surface area contributed by atoms with Gasteiger partial charge in [0.25, 0.3) is 15.9 Å². The molecule has 2 amide bonds. The maximum absolute atomic E-state index is 14.8. The van der Waals surface area contributed by atoms with E-state index < -0.39 is 27.5 Å². The van der Waals surface area contributed by atoms with Crippen LogP contribution in [0.2, 0.25) is 0 Å². The average Bonchev–Trinajstić information content (AvgIpc) is 3.26. The summed E-state index contributed by atoms with van der Waals surface area (Å²) in [5.41, 5.74) is -0.0991. The molecular weight excluding hydrogens is 501 g/mol. The second-order valence-electron chi connectivity index (χ2n) is 9.29. The highest BCUT2D eigenvalue weighted by Gasteiger charge is 2.26. The van der Waals surface area contributed by atoms with Gasteiger partial charge in [-0.05, 0) is 56.7 Å². The lowest BCUT2D eigenvalue weighted by molar-refractivity contribution is -0.122. The minimum atomic E-state index is -4.23. The second kappa shape index (κ2) is 11.0. The molecular formula is C26H30FN3O6S. The molecule has 0 spiro atoms. The molecule has 3 rings (SSSR count). The number of nitrogens with zero attached hydrogens (tertiary/aromatic N) is 2. The predicted octanol–water partition coefficient (Wildman–Crippen LogP) is 4.02. The molecule has 9 nitrogen and oxygen atoms in total. The summed E-state index contributed by atoms with van der Waals surface area (Å²) in [6, 6.07) is 13.0. The van der Waals surface area contributed by atoms with E-state index in [1.165, 1.54) is 73.7 Å². The maximum atomic E-state index is 14.8. The van der Waals surface area contributed by atoms with E-state index in [-0.39, 0.29) is 41.0 Å². The molecule has 0 aliphatic carbocycles. The molecule has 0 aliphatic rings. The summed E-state index contributed by atoms with van der Waals surface area (Å²) in [7, 11) is -1.25. The fourth-order valence-corrected chi connectivity index (χ4v) is 4.81. The van der Waals surface area contributed by atoms with E-state index in [0.717, 1.165) is 3.97 Å². The van der Waals surface area contributed by atoms with E-state index in [0.29, 0.717) is 5.56 Å². The molecule has 0 saturated carbocycles. The molecule has 1 aromatic heterocycles. The zero-order valence-electron chi connectivity index (χ0n) is 21.3. The van der Waals surface area contributed by atoms with E-state index in [1.807, 2.05) is 0 Å². The van der Waals surface area contributed by atoms with Crippen molar-refractivity contribution in [1.29, 1.82) is 0 Å². The Bertz CT molecular complexity index is 1400. The van der Waals surface area contributed by atoms with Gasteiger partial charge in [-0.25, -0.2) is 21.6 Å². The van der Waals surface area contributed by atoms with Crippen LogP contribution in [-0.2, 0) is 26.1 Å². The third kappa shape index (κ3) is 6.88. The summed E-state index contributed by atoms with van der Waals surface area (Å²) in [4.78, 5) is 25.1. The van der Waals surface area contributed by atoms with E-state index in [2.05, 4.69) is 5.32 Å². The number of benzene rings is 2. The van der Waals surface area contributed by atoms with Crippen LogP contribution in [0.1, 0.15) is 26.3 Å². The fraction of sp³-hybridized carbons (Fsp3) is 0.308. The first-order valence-corrected chi connectivity index (χ1v) is 12.8. The fourth-order valence-electron chi connectivity index (χ4n) is 3.38. The maximum Gasteiger partial charge on any atom is 0.410 e. The Kier molecular flexibility index (Phi) is 8.27. The molecule has 0 fully saturated rings. The normalized spacial score (nSPS) is 11.6. The number of amides is 2. The van der Waals surface area contributed by atoms with E-state index in [4.69, 9.17) is 9.47 Å². The third-order valence-electron chi connectivity index (χ3n) is 5.13. The number of hydrogen-bond acceptors (Lipinski definition) is 6. The highest BCUT2D eigenvalue weighted by Crippen LogP contribution is 2.30. The Hall–Kier alpha value is -3.86. The standard InChI is InChI=1S/C26H30FN3O6S/c1-26(2,3)36-25(32)29(5)15-18-13-23(21-11-6-7-12-22(21)27)30(16-18)37(33,34)20-10-8-9-19(14-20)35-17-24(31)28-4/h6-14,16H,15,17H2,1-5H3,(H,28,31). The van der Waals surface area contributed by atoms with Crippen molar-refractivity contribution in [2.75, 3.05) is 20.7 Å². The molecule has 0 atom stereocenters. The van der Waals surface area contributed by atoms with E-state index in [9.17, 15) is 22.4 Å². The zero-order valence-corrected chi connectivity index (χ0v) is 22.1. The summed E-state index contributed by atoms with van der Waals surface area (Å²) >= 11 is 0. The first-order valence-electron chi connectivity index (χ1n) is 11.4. The lowest BCUT2D eigenvalue weighted by Gasteiger charge is -2.24. The summed E-state index contributed by atoms with van der Waals surface area (Å²) in [6.07, 6.45) is 0.757. The quantitative estimate of drug-likeness (QED) is 0.471. The van der Waals surface area contributed by atoms with Gasteiger partial charge in [0.15, 0.2) is 6.61 Å². The molecule has 0 unspecified atom stereocenters. The van der Waals surface area contributed by atoms with Crippen LogP contribution in [0.3, 0.4) is 0 Å². The van der Waals surface area contributed by atoms with Gasteiger partial charge in [-0.1, -0.05) is 18.2 Å². The Balaban J connectivity index is 2.03. The largest absolute Gasteiger partial charge is 0.484 e. The van der Waals surface area contributed by atoms with Crippen LogP contribution in [0.15, 0.2) is 65.7 Å². The van der Waals surface area contributed by atoms with Crippen LogP contribution >= 0.6 is 0 Å². The molecule has 0 bridgehead atoms. The molecule has 0 saturated heterocycles. The molecule has 1 N–H and O–H groups in total. The van der Waals surface area contributed by atoms with Crippen molar-refractivity contribution in [2.24, 2.45) is 0 Å². The first-order chi connectivity index (χ1) is 17.3. The van der Waals surface area contributed by atoms with Crippen molar-refractivity contribution in [3.05, 3.63) is 72.2 Å². The predicted molar refractivity (Wildman–Crippen MR) is 136 cm³/mol. The van der Waals surface area contributed by atoms with Gasteiger partial charge in [0.1, 0.15) is 17.2 Å². The van der Waals surface area contributed by atoms with Crippen LogP contribution < -0.4 is 10.1 Å². The van der Waals surface area contributed by atoms with Crippen molar-refractivity contribution in [3.8, 4) is 17.0 Å². The minimum Gasteiger partial charge on any atom is -0.484 e. The number of ether oxygens (including phenoxy) is 2. The molecule has 0 radical (unpaired) electrons. The third-order valence-corrected chi connectivity index (χ3v) is 6.80. The Morgan fingerprint density at radius 3 is 2.43 bits per heavy atom. The van der Waals surface area contributed by atoms with Crippen molar-refractivity contribution in [2.45, 2.75) is 37.8 Å². The van der Waals surface area contributed by atoms with Gasteiger partial charge in [0, 0.05) is 31.9 Å². The lowest BCUT2D eigenvalue weighted by Crippen LogP contribution is -2.33. The number of aromatic nitrogens is 1. The number of rotatable bonds is 8. The van der Waals surface area contributed by atoms with Crippen LogP contribution in [0.5, 0.6) is 5.75 Å². The van der Waals surface area contributed by atoms with Gasteiger partial charge in [0.05, 0.1) is 17.1 Å². The van der Waals surface area contributed by atoms with Crippen LogP contribution in [0, 0.1) is 5.82 Å². The van der Waals surface area contributed by atoms with Crippen molar-refractivity contribution in [3.63, 3.8) is 0 Å². The molecule has 1 heterocycles. The minimum absolute atomic E-state index is 0.0220. The lowest BCUT2D eigenvalue weighted by atomic mass is 10.1. The average molecular weight is 532 g/mol. The van der Waals surface area contributed by atoms with Gasteiger partial charge in [-0.3, -0.25) is 4.79 Å². The Labute approximate surface area is 215 Å². The molecule has 2 aromatic carbocycles. The van der Waals surface area contributed by atoms with Crippen LogP contribution in [0.4, 0.5) is 9.18 Å². The van der Waals surface area contributed by atoms with Gasteiger partial charge in [-0.15, -0.1) is 0 Å². The van der Waals surface area contributed by atoms with Crippen LogP contribution in [0.25, 0.3) is 11.3 Å². The van der Waals surface area contributed by atoms with Gasteiger partial charge in [-0.2, -0.15) is 0 Å². The molecule has 198 valence electrons. The monoisotopic (exact) mass is 531 g/mol. The van der Waals surface area contributed by atoms with Crippen molar-refractivity contribution < 1.29 is 31.9 Å². The van der Waals surface area contributed by atoms with Gasteiger partial charge in [0.2, 0.25) is 0 Å². The van der Waals surface area contributed by atoms with Crippen LogP contribution in [-0.4, -0.2) is 55.6 Å². The number of carbonyl (C=O) groups excluding carboxylic acids is 2. The number of carbonyl (C=O) groups is 2. The number of likely N-dealkylation sites (N-methyl/N-ethyl adjacent to an activating group) is 1.